The molecule has 1 fully saturated rings. The molecule has 2 heterocycles. The molecule has 0 atom stereocenters. The molecule has 0 unspecified atom stereocenters. The first-order chi connectivity index (χ1) is 11.3. The van der Waals surface area contributed by atoms with Crippen LogP contribution in [0.25, 0.3) is 11.4 Å². The Bertz CT molecular complexity index is 633. The van der Waals surface area contributed by atoms with Crippen molar-refractivity contribution in [2.75, 3.05) is 19.8 Å². The summed E-state index contributed by atoms with van der Waals surface area (Å²) in [5.74, 6) is 1.69. The fourth-order valence-corrected chi connectivity index (χ4v) is 2.99. The topological polar surface area (TPSA) is 56.5 Å². The zero-order chi connectivity index (χ0) is 16.1. The van der Waals surface area contributed by atoms with E-state index in [1.807, 2.05) is 30.6 Å². The number of rotatable bonds is 6. The largest absolute Gasteiger partial charge is 0.493 e. The summed E-state index contributed by atoms with van der Waals surface area (Å²) in [5, 5.41) is 9.63. The van der Waals surface area contributed by atoms with Crippen molar-refractivity contribution in [3.8, 4) is 17.1 Å². The highest BCUT2D eigenvalue weighted by Gasteiger charge is 2.19. The number of aliphatic hydroxyl groups is 1. The van der Waals surface area contributed by atoms with Crippen molar-refractivity contribution in [1.82, 2.24) is 9.55 Å². The van der Waals surface area contributed by atoms with Crippen LogP contribution in [0.1, 0.15) is 37.8 Å². The van der Waals surface area contributed by atoms with Crippen molar-refractivity contribution in [1.29, 1.82) is 0 Å². The first-order valence-corrected chi connectivity index (χ1v) is 8.31. The molecule has 0 aliphatic carbocycles. The molecule has 23 heavy (non-hydrogen) atoms. The Morgan fingerprint density at radius 2 is 2.17 bits per heavy atom. The van der Waals surface area contributed by atoms with Gasteiger partial charge in [-0.3, -0.25) is 0 Å². The molecule has 5 heteroatoms. The normalized spacial score (nSPS) is 15.7. The molecule has 1 aliphatic heterocycles. The van der Waals surface area contributed by atoms with Gasteiger partial charge in [-0.25, -0.2) is 4.98 Å². The van der Waals surface area contributed by atoms with Crippen LogP contribution in [0, 0.1) is 0 Å². The van der Waals surface area contributed by atoms with E-state index in [0.29, 0.717) is 12.6 Å². The molecule has 124 valence electrons. The Labute approximate surface area is 136 Å². The molecule has 1 aliphatic rings. The summed E-state index contributed by atoms with van der Waals surface area (Å²) in [6.45, 7) is 4.29. The van der Waals surface area contributed by atoms with Crippen LogP contribution in [0.2, 0.25) is 0 Å². The van der Waals surface area contributed by atoms with Crippen molar-refractivity contribution >= 4 is 0 Å². The number of benzene rings is 1. The summed E-state index contributed by atoms with van der Waals surface area (Å²) in [6, 6.07) is 6.35. The maximum absolute atomic E-state index is 9.63. The lowest BCUT2D eigenvalue weighted by Gasteiger charge is -2.25. The van der Waals surface area contributed by atoms with Crippen LogP contribution in [0.15, 0.2) is 30.6 Å². The van der Waals surface area contributed by atoms with E-state index in [4.69, 9.17) is 9.47 Å². The summed E-state index contributed by atoms with van der Waals surface area (Å²) in [4.78, 5) is 4.53. The molecule has 1 aromatic heterocycles. The third-order valence-electron chi connectivity index (χ3n) is 4.20. The van der Waals surface area contributed by atoms with E-state index in [2.05, 4.69) is 16.5 Å². The van der Waals surface area contributed by atoms with Gasteiger partial charge in [0, 0.05) is 42.8 Å². The fourth-order valence-electron chi connectivity index (χ4n) is 2.99. The van der Waals surface area contributed by atoms with E-state index in [1.165, 1.54) is 0 Å². The number of ether oxygens (including phenoxy) is 2. The molecule has 1 N–H and O–H groups in total. The standard InChI is InChI=1S/C18H24N2O3/c1-2-9-23-17-4-3-14(12-15(17)13-21)18-19-7-8-20(18)16-5-10-22-11-6-16/h3-4,7-8,12,16,21H,2,5-6,9-11,13H2,1H3. The molecule has 2 aromatic rings. The molecule has 0 bridgehead atoms. The second-order valence-corrected chi connectivity index (χ2v) is 5.83. The zero-order valence-corrected chi connectivity index (χ0v) is 13.6. The summed E-state index contributed by atoms with van der Waals surface area (Å²) < 4.78 is 13.4. The van der Waals surface area contributed by atoms with E-state index in [9.17, 15) is 5.11 Å². The van der Waals surface area contributed by atoms with Gasteiger partial charge in [-0.15, -0.1) is 0 Å². The van der Waals surface area contributed by atoms with Crippen LogP contribution in [0.4, 0.5) is 0 Å². The lowest BCUT2D eigenvalue weighted by molar-refractivity contribution is 0.0700. The number of nitrogens with zero attached hydrogens (tertiary/aromatic N) is 2. The number of hydrogen-bond donors (Lipinski definition) is 1. The van der Waals surface area contributed by atoms with Gasteiger partial charge < -0.3 is 19.1 Å². The van der Waals surface area contributed by atoms with Crippen LogP contribution >= 0.6 is 0 Å². The van der Waals surface area contributed by atoms with Gasteiger partial charge in [0.05, 0.1) is 13.2 Å². The third-order valence-corrected chi connectivity index (χ3v) is 4.20. The molecule has 0 spiro atoms. The summed E-state index contributed by atoms with van der Waals surface area (Å²) in [5.41, 5.74) is 1.81. The minimum Gasteiger partial charge on any atom is -0.493 e. The number of imidazole rings is 1. The third kappa shape index (κ3) is 3.57. The van der Waals surface area contributed by atoms with Gasteiger partial charge in [-0.2, -0.15) is 0 Å². The van der Waals surface area contributed by atoms with Gasteiger partial charge in [-0.05, 0) is 37.5 Å². The van der Waals surface area contributed by atoms with Crippen molar-refractivity contribution in [3.63, 3.8) is 0 Å². The molecular formula is C18H24N2O3. The highest BCUT2D eigenvalue weighted by atomic mass is 16.5. The maximum Gasteiger partial charge on any atom is 0.140 e. The van der Waals surface area contributed by atoms with Gasteiger partial charge in [-0.1, -0.05) is 6.92 Å². The van der Waals surface area contributed by atoms with Crippen LogP contribution in [0.3, 0.4) is 0 Å². The summed E-state index contributed by atoms with van der Waals surface area (Å²) in [6.07, 6.45) is 6.83. The van der Waals surface area contributed by atoms with Gasteiger partial charge in [0.1, 0.15) is 11.6 Å². The molecule has 0 amide bonds. The van der Waals surface area contributed by atoms with Crippen molar-refractivity contribution in [2.24, 2.45) is 0 Å². The highest BCUT2D eigenvalue weighted by molar-refractivity contribution is 5.59. The van der Waals surface area contributed by atoms with Gasteiger partial charge in [0.2, 0.25) is 0 Å². The Morgan fingerprint density at radius 1 is 1.35 bits per heavy atom. The molecular weight excluding hydrogens is 292 g/mol. The number of aliphatic hydroxyl groups excluding tert-OH is 1. The maximum atomic E-state index is 9.63. The van der Waals surface area contributed by atoms with Crippen LogP contribution in [0.5, 0.6) is 5.75 Å². The molecule has 1 saturated heterocycles. The molecule has 1 aromatic carbocycles. The monoisotopic (exact) mass is 316 g/mol. The van der Waals surface area contributed by atoms with Crippen LogP contribution in [-0.2, 0) is 11.3 Å². The summed E-state index contributed by atoms with van der Waals surface area (Å²) >= 11 is 0. The van der Waals surface area contributed by atoms with Crippen LogP contribution in [-0.4, -0.2) is 34.5 Å². The summed E-state index contributed by atoms with van der Waals surface area (Å²) in [7, 11) is 0. The Hall–Kier alpha value is -1.85. The fraction of sp³-hybridized carbons (Fsp3) is 0.500. The molecule has 0 saturated carbocycles. The SMILES string of the molecule is CCCOc1ccc(-c2nccn2C2CCOCC2)cc1CO. The Morgan fingerprint density at radius 3 is 2.91 bits per heavy atom. The van der Waals surface area contributed by atoms with E-state index < -0.39 is 0 Å². The smallest absolute Gasteiger partial charge is 0.140 e. The second-order valence-electron chi connectivity index (χ2n) is 5.83. The quantitative estimate of drug-likeness (QED) is 0.889. The molecule has 3 rings (SSSR count). The molecule has 5 nitrogen and oxygen atoms in total. The van der Waals surface area contributed by atoms with Gasteiger partial charge >= 0.3 is 0 Å². The van der Waals surface area contributed by atoms with E-state index in [1.54, 1.807) is 0 Å². The number of aromatic nitrogens is 2. The Balaban J connectivity index is 1.88. The first kappa shape index (κ1) is 16.0. The first-order valence-electron chi connectivity index (χ1n) is 8.31. The van der Waals surface area contributed by atoms with Crippen LogP contribution < -0.4 is 4.74 Å². The molecule has 0 radical (unpaired) electrons. The van der Waals surface area contributed by atoms with Crippen molar-refractivity contribution in [3.05, 3.63) is 36.2 Å². The van der Waals surface area contributed by atoms with E-state index >= 15 is 0 Å². The lowest BCUT2D eigenvalue weighted by Crippen LogP contribution is -2.19. The van der Waals surface area contributed by atoms with Crippen molar-refractivity contribution in [2.45, 2.75) is 38.8 Å². The predicted molar refractivity (Wildman–Crippen MR) is 88.5 cm³/mol. The van der Waals surface area contributed by atoms with E-state index in [-0.39, 0.29) is 6.61 Å². The second kappa shape index (κ2) is 7.62. The average Bonchev–Trinajstić information content (AvgIpc) is 3.10. The average molecular weight is 316 g/mol. The number of hydrogen-bond acceptors (Lipinski definition) is 4. The lowest BCUT2D eigenvalue weighted by atomic mass is 10.1. The predicted octanol–water partition coefficient (Wildman–Crippen LogP) is 3.18. The zero-order valence-electron chi connectivity index (χ0n) is 13.6. The van der Waals surface area contributed by atoms with Crippen molar-refractivity contribution < 1.29 is 14.6 Å². The Kier molecular flexibility index (Phi) is 5.31. The van der Waals surface area contributed by atoms with E-state index in [0.717, 1.165) is 55.2 Å². The minimum absolute atomic E-state index is 0.0368. The van der Waals surface area contributed by atoms with Gasteiger partial charge in [0.25, 0.3) is 0 Å². The minimum atomic E-state index is -0.0368. The highest BCUT2D eigenvalue weighted by Crippen LogP contribution is 2.30. The van der Waals surface area contributed by atoms with Gasteiger partial charge in [0.15, 0.2) is 0 Å².